The lowest BCUT2D eigenvalue weighted by Crippen LogP contribution is -2.53. The number of nitrogens with zero attached hydrogens (tertiary/aromatic N) is 3. The number of rotatable bonds is 8. The Morgan fingerprint density at radius 2 is 1.66 bits per heavy atom. The molecule has 3 heterocycles. The topological polar surface area (TPSA) is 166 Å². The van der Waals surface area contributed by atoms with Crippen LogP contribution in [0, 0.1) is 23.7 Å². The Hall–Kier alpha value is -5.36. The number of pyridine rings is 1. The second kappa shape index (κ2) is 13.7. The number of anilines is 1. The third-order valence-corrected chi connectivity index (χ3v) is 11.3. The normalized spacial score (nSPS) is 26.1. The van der Waals surface area contributed by atoms with E-state index in [1.807, 2.05) is 0 Å². The maximum atomic E-state index is 15.2. The predicted molar refractivity (Wildman–Crippen MR) is 181 cm³/mol. The lowest BCUT2D eigenvalue weighted by atomic mass is 9.49. The van der Waals surface area contributed by atoms with Crippen LogP contribution in [0.1, 0.15) is 41.9 Å². The second-order valence-corrected chi connectivity index (χ2v) is 14.5. The van der Waals surface area contributed by atoms with Gasteiger partial charge in [-0.15, -0.1) is 13.2 Å². The van der Waals surface area contributed by atoms with Crippen molar-refractivity contribution in [2.45, 2.75) is 43.1 Å². The monoisotopic (exact) mass is 826 g/mol. The number of hydrogen-bond donors (Lipinski definition) is 3. The number of carboxylic acids is 1. The largest absolute Gasteiger partial charge is 0.573 e. The van der Waals surface area contributed by atoms with Crippen molar-refractivity contribution in [2.24, 2.45) is 23.7 Å². The third-order valence-electron chi connectivity index (χ3n) is 10.7. The van der Waals surface area contributed by atoms with Crippen LogP contribution < -0.4 is 10.2 Å². The number of carbonyl (C=O) groups is 5. The van der Waals surface area contributed by atoms with Gasteiger partial charge < -0.3 is 14.9 Å². The molecule has 56 heavy (non-hydrogen) atoms. The molecule has 3 N–H and O–H groups in total. The standard InChI is InChI=1S/C36H26Cl2F6N4O8/c37-17-3-1-15(2-4-17)34-23(31(53)48(33(34)55)46-29-24(38)11-16(14-45-29)35(39,40)41)13-21-19(28(34)22-12-18(5-8-25(22)49)56-36(42,43)44)6-7-20-27(21)32(54)47(30(20)52)10-9-26(50)51/h1-6,8,11-12,14,20-21,23,27-28,49H,7,9-10,13H2,(H,45,46)(H,50,51). The minimum Gasteiger partial charge on any atom is -0.508 e. The van der Waals surface area contributed by atoms with Gasteiger partial charge in [-0.25, -0.2) is 4.98 Å². The summed E-state index contributed by atoms with van der Waals surface area (Å²) in [6.07, 6.45) is -9.18. The number of phenolic OH excluding ortho intramolecular Hbond substituents is 1. The number of likely N-dealkylation sites (tertiary alicyclic amines) is 1. The van der Waals surface area contributed by atoms with Crippen molar-refractivity contribution < 1.29 is 65.3 Å². The van der Waals surface area contributed by atoms with E-state index in [2.05, 4.69) is 15.1 Å². The maximum Gasteiger partial charge on any atom is 0.573 e. The van der Waals surface area contributed by atoms with Crippen LogP contribution in [-0.4, -0.2) is 67.6 Å². The SMILES string of the molecule is O=C(O)CCN1C(=O)C2CC=C3C(CC4C(=O)N(Nc5ncc(C(F)(F)F)cc5Cl)C(=O)C4(c4ccc(Cl)cc4)C3c3cc(OC(F)(F)F)ccc3O)C2C1=O. The molecule has 2 saturated heterocycles. The molecule has 2 aliphatic carbocycles. The zero-order valence-corrected chi connectivity index (χ0v) is 29.7. The summed E-state index contributed by atoms with van der Waals surface area (Å²) < 4.78 is 85.1. The predicted octanol–water partition coefficient (Wildman–Crippen LogP) is 6.47. The lowest BCUT2D eigenvalue weighted by Gasteiger charge is -2.50. The van der Waals surface area contributed by atoms with Crippen LogP contribution in [0.2, 0.25) is 10.0 Å². The van der Waals surface area contributed by atoms with Crippen LogP contribution in [0.15, 0.2) is 66.4 Å². The highest BCUT2D eigenvalue weighted by Gasteiger charge is 2.70. The fraction of sp³-hybridized carbons (Fsp3) is 0.333. The number of alkyl halides is 6. The number of hydrazine groups is 1. The fourth-order valence-electron chi connectivity index (χ4n) is 8.58. The van der Waals surface area contributed by atoms with Gasteiger partial charge in [0.25, 0.3) is 11.8 Å². The number of carbonyl (C=O) groups excluding carboxylic acids is 4. The molecule has 3 aromatic rings. The molecular weight excluding hydrogens is 801 g/mol. The zero-order valence-electron chi connectivity index (χ0n) is 28.2. The number of imide groups is 2. The molecule has 0 radical (unpaired) electrons. The van der Waals surface area contributed by atoms with Crippen molar-refractivity contribution in [3.63, 3.8) is 0 Å². The van der Waals surface area contributed by atoms with Crippen LogP contribution in [0.25, 0.3) is 0 Å². The van der Waals surface area contributed by atoms with E-state index < -0.39 is 118 Å². The molecule has 3 fully saturated rings. The molecular formula is C36H26Cl2F6N4O8. The summed E-state index contributed by atoms with van der Waals surface area (Å²) in [6.45, 7) is -0.461. The molecule has 4 amide bonds. The van der Waals surface area contributed by atoms with Gasteiger partial charge >= 0.3 is 18.5 Å². The first-order chi connectivity index (χ1) is 26.2. The lowest BCUT2D eigenvalue weighted by molar-refractivity contribution is -0.274. The quantitative estimate of drug-likeness (QED) is 0.130. The molecule has 7 rings (SSSR count). The fourth-order valence-corrected chi connectivity index (χ4v) is 8.92. The first-order valence-electron chi connectivity index (χ1n) is 16.7. The minimum absolute atomic E-state index is 0.0750. The summed E-state index contributed by atoms with van der Waals surface area (Å²) in [5.41, 5.74) is -1.07. The molecule has 12 nitrogen and oxygen atoms in total. The van der Waals surface area contributed by atoms with Gasteiger partial charge in [-0.1, -0.05) is 47.0 Å². The van der Waals surface area contributed by atoms with Crippen LogP contribution in [-0.2, 0) is 35.6 Å². The number of amides is 4. The molecule has 1 saturated carbocycles. The number of benzene rings is 2. The van der Waals surface area contributed by atoms with Gasteiger partial charge in [-0.3, -0.25) is 34.3 Å². The summed E-state index contributed by atoms with van der Waals surface area (Å²) in [5.74, 6) is -13.3. The molecule has 2 aromatic carbocycles. The van der Waals surface area contributed by atoms with E-state index in [9.17, 15) is 55.7 Å². The van der Waals surface area contributed by atoms with Gasteiger partial charge in [0.05, 0.1) is 40.2 Å². The van der Waals surface area contributed by atoms with Gasteiger partial charge in [0.15, 0.2) is 5.82 Å². The van der Waals surface area contributed by atoms with E-state index in [-0.39, 0.29) is 34.6 Å². The summed E-state index contributed by atoms with van der Waals surface area (Å²) in [6, 6.07) is 8.57. The van der Waals surface area contributed by atoms with Crippen LogP contribution in [0.5, 0.6) is 11.5 Å². The van der Waals surface area contributed by atoms with Crippen molar-refractivity contribution in [3.8, 4) is 11.5 Å². The molecule has 6 unspecified atom stereocenters. The Bertz CT molecular complexity index is 2220. The molecule has 0 spiro atoms. The van der Waals surface area contributed by atoms with Gasteiger partial charge in [-0.05, 0) is 60.7 Å². The van der Waals surface area contributed by atoms with Crippen molar-refractivity contribution in [2.75, 3.05) is 12.0 Å². The van der Waals surface area contributed by atoms with E-state index in [4.69, 9.17) is 23.2 Å². The Balaban J connectivity index is 1.44. The van der Waals surface area contributed by atoms with Crippen molar-refractivity contribution >= 4 is 58.6 Å². The number of nitrogens with one attached hydrogen (secondary N) is 1. The van der Waals surface area contributed by atoms with Gasteiger partial charge in [0, 0.05) is 29.2 Å². The highest BCUT2D eigenvalue weighted by Crippen LogP contribution is 2.65. The molecule has 6 atom stereocenters. The number of phenols is 1. The van der Waals surface area contributed by atoms with Crippen molar-refractivity contribution in [3.05, 3.63) is 93.1 Å². The number of aliphatic carboxylic acids is 1. The second-order valence-electron chi connectivity index (χ2n) is 13.7. The molecule has 4 aliphatic rings. The number of aromatic hydroxyl groups is 1. The smallest absolute Gasteiger partial charge is 0.508 e. The molecule has 1 aromatic heterocycles. The summed E-state index contributed by atoms with van der Waals surface area (Å²) in [7, 11) is 0. The first-order valence-corrected chi connectivity index (χ1v) is 17.5. The highest BCUT2D eigenvalue weighted by atomic mass is 35.5. The Labute approximate surface area is 321 Å². The summed E-state index contributed by atoms with van der Waals surface area (Å²) >= 11 is 12.4. The van der Waals surface area contributed by atoms with Gasteiger partial charge in [0.1, 0.15) is 11.5 Å². The Morgan fingerprint density at radius 3 is 2.29 bits per heavy atom. The van der Waals surface area contributed by atoms with Gasteiger partial charge in [0.2, 0.25) is 11.8 Å². The van der Waals surface area contributed by atoms with E-state index in [0.29, 0.717) is 17.3 Å². The number of halogens is 8. The van der Waals surface area contributed by atoms with Crippen molar-refractivity contribution in [1.82, 2.24) is 14.9 Å². The Morgan fingerprint density at radius 1 is 0.964 bits per heavy atom. The van der Waals surface area contributed by atoms with Crippen LogP contribution in [0.3, 0.4) is 0 Å². The maximum absolute atomic E-state index is 15.2. The number of carboxylic acid groups (broad SMARTS) is 1. The number of allylic oxidation sites excluding steroid dienone is 2. The van der Waals surface area contributed by atoms with Gasteiger partial charge in [-0.2, -0.15) is 18.2 Å². The van der Waals surface area contributed by atoms with E-state index in [1.54, 1.807) is 0 Å². The Kier molecular flexibility index (Phi) is 9.50. The average Bonchev–Trinajstić information content (AvgIpc) is 3.48. The molecule has 294 valence electrons. The summed E-state index contributed by atoms with van der Waals surface area (Å²) in [5, 5.41) is 20.7. The molecule has 2 aliphatic heterocycles. The third kappa shape index (κ3) is 6.37. The van der Waals surface area contributed by atoms with Crippen LogP contribution in [0.4, 0.5) is 32.2 Å². The number of ether oxygens (including phenoxy) is 1. The molecule has 20 heteroatoms. The number of hydrogen-bond acceptors (Lipinski definition) is 9. The summed E-state index contributed by atoms with van der Waals surface area (Å²) in [4.78, 5) is 73.3. The highest BCUT2D eigenvalue weighted by molar-refractivity contribution is 6.33. The number of fused-ring (bicyclic) bond motifs is 4. The van der Waals surface area contributed by atoms with E-state index in [1.165, 1.54) is 30.3 Å². The minimum atomic E-state index is -5.21. The zero-order chi connectivity index (χ0) is 40.6. The number of aromatic nitrogens is 1. The van der Waals surface area contributed by atoms with Crippen LogP contribution >= 0.6 is 23.2 Å². The molecule has 0 bridgehead atoms. The average molecular weight is 828 g/mol. The van der Waals surface area contributed by atoms with E-state index >= 15 is 4.79 Å². The first kappa shape index (κ1) is 38.9. The van der Waals surface area contributed by atoms with Crippen molar-refractivity contribution in [1.29, 1.82) is 0 Å². The van der Waals surface area contributed by atoms with E-state index in [0.717, 1.165) is 23.1 Å².